The Hall–Kier alpha value is 0.137. The lowest BCUT2D eigenvalue weighted by atomic mass is 10.1. The zero-order valence-electron chi connectivity index (χ0n) is 13.9. The third kappa shape index (κ3) is 5.97. The highest BCUT2D eigenvalue weighted by atomic mass is 28.1. The largest absolute Gasteiger partial charge is 0.292 e. The van der Waals surface area contributed by atoms with E-state index in [-0.39, 0.29) is 0 Å². The van der Waals surface area contributed by atoms with E-state index in [2.05, 4.69) is 30.7 Å². The molecule has 0 aromatic carbocycles. The van der Waals surface area contributed by atoms with Gasteiger partial charge in [0.05, 0.1) is 0 Å². The molecule has 0 aromatic heterocycles. The van der Waals surface area contributed by atoms with Crippen LogP contribution in [0.3, 0.4) is 0 Å². The van der Waals surface area contributed by atoms with Crippen LogP contribution in [0.2, 0.25) is 0 Å². The molecule has 1 heterocycles. The minimum absolute atomic E-state index is 0.402. The van der Waals surface area contributed by atoms with Gasteiger partial charge in [0.15, 0.2) is 0 Å². The summed E-state index contributed by atoms with van der Waals surface area (Å²) in [5.41, 5.74) is 0. The van der Waals surface area contributed by atoms with Crippen LogP contribution in [0.25, 0.3) is 0 Å². The van der Waals surface area contributed by atoms with E-state index in [1.807, 2.05) is 0 Å². The third-order valence-electron chi connectivity index (χ3n) is 4.91. The summed E-state index contributed by atoms with van der Waals surface area (Å²) in [5.74, 6) is 0. The van der Waals surface area contributed by atoms with Crippen molar-refractivity contribution < 1.29 is 0 Å². The lowest BCUT2D eigenvalue weighted by Crippen LogP contribution is -2.62. The van der Waals surface area contributed by atoms with Crippen molar-refractivity contribution in [3.8, 4) is 0 Å². The van der Waals surface area contributed by atoms with Crippen LogP contribution < -0.4 is 0 Å². The normalized spacial score (nSPS) is 26.1. The van der Waals surface area contributed by atoms with Crippen molar-refractivity contribution >= 4 is 10.2 Å². The van der Waals surface area contributed by atoms with Crippen molar-refractivity contribution in [1.82, 2.24) is 9.80 Å². The van der Waals surface area contributed by atoms with Gasteiger partial charge in [0.2, 0.25) is 0 Å². The van der Waals surface area contributed by atoms with E-state index in [0.29, 0.717) is 5.29 Å². The van der Waals surface area contributed by atoms with Gasteiger partial charge in [0.1, 0.15) is 0 Å². The van der Waals surface area contributed by atoms with Crippen molar-refractivity contribution in [1.29, 1.82) is 0 Å². The second-order valence-electron chi connectivity index (χ2n) is 6.73. The van der Waals surface area contributed by atoms with Crippen LogP contribution in [-0.4, -0.2) is 52.0 Å². The molecule has 114 valence electrons. The highest BCUT2D eigenvalue weighted by molar-refractivity contribution is 6.14. The maximum Gasteiger partial charge on any atom is 0.0491 e. The molecule has 0 aliphatic carbocycles. The van der Waals surface area contributed by atoms with Gasteiger partial charge in [-0.1, -0.05) is 51.9 Å². The maximum atomic E-state index is 2.74. The summed E-state index contributed by atoms with van der Waals surface area (Å²) in [6.07, 6.45) is 12.8. The van der Waals surface area contributed by atoms with Gasteiger partial charge in [0, 0.05) is 28.6 Å². The van der Waals surface area contributed by atoms with E-state index in [0.717, 1.165) is 0 Å². The summed E-state index contributed by atoms with van der Waals surface area (Å²) >= 11 is 0. The Morgan fingerprint density at radius 3 is 2.16 bits per heavy atom. The quantitative estimate of drug-likeness (QED) is 0.474. The van der Waals surface area contributed by atoms with Crippen molar-refractivity contribution in [2.45, 2.75) is 76.9 Å². The first-order chi connectivity index (χ1) is 9.09. The molecule has 0 bridgehead atoms. The molecule has 1 unspecified atom stereocenters. The first-order valence-corrected chi connectivity index (χ1v) is 9.55. The van der Waals surface area contributed by atoms with Crippen molar-refractivity contribution in [2.24, 2.45) is 0 Å². The Morgan fingerprint density at radius 2 is 1.53 bits per heavy atom. The standard InChI is InChI=1S/C16H36N2Si/c1-4-5-6-7-8-9-10-11-14-18-15-12-13-17(3)16(18,2)19/h4-15H2,1-3,19H3. The van der Waals surface area contributed by atoms with Crippen LogP contribution in [0.4, 0.5) is 0 Å². The van der Waals surface area contributed by atoms with Gasteiger partial charge in [-0.3, -0.25) is 9.80 Å². The Labute approximate surface area is 124 Å². The van der Waals surface area contributed by atoms with E-state index in [4.69, 9.17) is 0 Å². The van der Waals surface area contributed by atoms with Crippen molar-refractivity contribution in [3.63, 3.8) is 0 Å². The van der Waals surface area contributed by atoms with E-state index in [1.165, 1.54) is 87.7 Å². The predicted molar refractivity (Wildman–Crippen MR) is 89.8 cm³/mol. The first-order valence-electron chi connectivity index (χ1n) is 8.55. The fourth-order valence-corrected chi connectivity index (χ4v) is 3.78. The van der Waals surface area contributed by atoms with Gasteiger partial charge in [-0.2, -0.15) is 0 Å². The monoisotopic (exact) mass is 284 g/mol. The van der Waals surface area contributed by atoms with Crippen LogP contribution in [0.1, 0.15) is 71.6 Å². The molecule has 0 aromatic rings. The molecule has 0 saturated carbocycles. The van der Waals surface area contributed by atoms with Gasteiger partial charge < -0.3 is 0 Å². The molecule has 1 rings (SSSR count). The number of rotatable bonds is 9. The van der Waals surface area contributed by atoms with Gasteiger partial charge in [-0.25, -0.2) is 0 Å². The van der Waals surface area contributed by atoms with Gasteiger partial charge in [-0.15, -0.1) is 0 Å². The van der Waals surface area contributed by atoms with Gasteiger partial charge in [0.25, 0.3) is 0 Å². The summed E-state index contributed by atoms with van der Waals surface area (Å²) < 4.78 is 0. The average molecular weight is 285 g/mol. The average Bonchev–Trinajstić information content (AvgIpc) is 2.37. The molecule has 1 atom stereocenters. The lowest BCUT2D eigenvalue weighted by molar-refractivity contribution is -0.000932. The van der Waals surface area contributed by atoms with E-state index in [1.54, 1.807) is 0 Å². The molecule has 19 heavy (non-hydrogen) atoms. The fraction of sp³-hybridized carbons (Fsp3) is 1.00. The second-order valence-corrected chi connectivity index (χ2v) is 8.63. The Morgan fingerprint density at radius 1 is 0.947 bits per heavy atom. The van der Waals surface area contributed by atoms with Crippen LogP contribution in [0.15, 0.2) is 0 Å². The third-order valence-corrected chi connectivity index (χ3v) is 6.31. The van der Waals surface area contributed by atoms with Crippen LogP contribution in [0, 0.1) is 0 Å². The van der Waals surface area contributed by atoms with Crippen LogP contribution >= 0.6 is 0 Å². The zero-order valence-corrected chi connectivity index (χ0v) is 15.9. The first kappa shape index (κ1) is 17.2. The predicted octanol–water partition coefficient (Wildman–Crippen LogP) is 2.80. The van der Waals surface area contributed by atoms with Gasteiger partial charge in [-0.05, 0) is 33.4 Å². The molecular formula is C16H36N2Si. The molecule has 0 N–H and O–H groups in total. The van der Waals surface area contributed by atoms with Crippen molar-refractivity contribution in [2.75, 3.05) is 26.7 Å². The fourth-order valence-electron chi connectivity index (χ4n) is 3.11. The lowest BCUT2D eigenvalue weighted by Gasteiger charge is -2.49. The SMILES string of the molecule is CCCCCCCCCCN1CCCN(C)C1(C)[SiH3]. The second kappa shape index (κ2) is 9.14. The zero-order chi connectivity index (χ0) is 14.1. The smallest absolute Gasteiger partial charge is 0.0491 e. The molecule has 1 saturated heterocycles. The summed E-state index contributed by atoms with van der Waals surface area (Å²) in [5, 5.41) is 0.402. The van der Waals surface area contributed by atoms with E-state index in [9.17, 15) is 0 Å². The Balaban J connectivity index is 2.05. The minimum atomic E-state index is 0.402. The topological polar surface area (TPSA) is 6.48 Å². The molecule has 0 amide bonds. The van der Waals surface area contributed by atoms with Crippen LogP contribution in [-0.2, 0) is 0 Å². The molecule has 1 fully saturated rings. The number of hydrogen-bond donors (Lipinski definition) is 0. The van der Waals surface area contributed by atoms with E-state index >= 15 is 0 Å². The summed E-state index contributed by atoms with van der Waals surface area (Å²) in [6, 6.07) is 0. The molecule has 0 spiro atoms. The molecule has 2 nitrogen and oxygen atoms in total. The molecule has 3 heteroatoms. The molecule has 1 aliphatic heterocycles. The maximum absolute atomic E-state index is 2.74. The van der Waals surface area contributed by atoms with Gasteiger partial charge >= 0.3 is 0 Å². The number of unbranched alkanes of at least 4 members (excludes halogenated alkanes) is 7. The summed E-state index contributed by atoms with van der Waals surface area (Å²) in [4.78, 5) is 5.30. The molecule has 0 radical (unpaired) electrons. The molecular weight excluding hydrogens is 248 g/mol. The minimum Gasteiger partial charge on any atom is -0.292 e. The number of hydrogen-bond acceptors (Lipinski definition) is 2. The Bertz CT molecular complexity index is 231. The molecule has 1 aliphatic rings. The van der Waals surface area contributed by atoms with E-state index < -0.39 is 0 Å². The summed E-state index contributed by atoms with van der Waals surface area (Å²) in [7, 11) is 3.55. The summed E-state index contributed by atoms with van der Waals surface area (Å²) in [6.45, 7) is 8.65. The number of nitrogens with zero attached hydrogens (tertiary/aromatic N) is 2. The highest BCUT2D eigenvalue weighted by Crippen LogP contribution is 2.21. The van der Waals surface area contributed by atoms with Crippen molar-refractivity contribution in [3.05, 3.63) is 0 Å². The van der Waals surface area contributed by atoms with Crippen LogP contribution in [0.5, 0.6) is 0 Å². The highest BCUT2D eigenvalue weighted by Gasteiger charge is 2.32. The Kier molecular flexibility index (Phi) is 8.27.